The normalized spacial score (nSPS) is 10.2. The van der Waals surface area contributed by atoms with Crippen LogP contribution in [-0.4, -0.2) is 7.11 Å². The number of halogens is 2. The quantitative estimate of drug-likeness (QED) is 0.819. The van der Waals surface area contributed by atoms with Crippen LogP contribution in [0.4, 0.5) is 17.1 Å². The molecular weight excluding hydrogens is 316 g/mol. The molecule has 0 bridgehead atoms. The molecule has 0 spiro atoms. The third-order valence-corrected chi connectivity index (χ3v) is 3.25. The highest BCUT2D eigenvalue weighted by Crippen LogP contribution is 2.31. The molecule has 0 fully saturated rings. The van der Waals surface area contributed by atoms with Gasteiger partial charge < -0.3 is 15.8 Å². The van der Waals surface area contributed by atoms with Crippen LogP contribution >= 0.6 is 27.5 Å². The molecule has 0 heterocycles. The number of hydrogen-bond acceptors (Lipinski definition) is 3. The second-order valence-corrected chi connectivity index (χ2v) is 5.03. The standard InChI is InChI=1S/C13H12BrClN2O/c1-18-13-7-9(3-4-10(13)15)17-12-5-2-8(14)6-11(12)16/h2-7,17H,16H2,1H3. The number of nitrogen functional groups attached to an aromatic ring is 1. The Balaban J connectivity index is 2.28. The Morgan fingerprint density at radius 2 is 2.00 bits per heavy atom. The van der Waals surface area contributed by atoms with Gasteiger partial charge in [0.25, 0.3) is 0 Å². The van der Waals surface area contributed by atoms with Crippen molar-refractivity contribution in [3.8, 4) is 5.75 Å². The second kappa shape index (κ2) is 5.50. The Labute approximate surface area is 119 Å². The topological polar surface area (TPSA) is 47.3 Å². The molecule has 2 aromatic carbocycles. The monoisotopic (exact) mass is 326 g/mol. The molecule has 0 aliphatic rings. The van der Waals surface area contributed by atoms with E-state index < -0.39 is 0 Å². The molecular formula is C13H12BrClN2O. The summed E-state index contributed by atoms with van der Waals surface area (Å²) in [6, 6.07) is 11.1. The number of anilines is 3. The summed E-state index contributed by atoms with van der Waals surface area (Å²) in [7, 11) is 1.58. The third-order valence-electron chi connectivity index (χ3n) is 2.44. The highest BCUT2D eigenvalue weighted by molar-refractivity contribution is 9.10. The molecule has 3 N–H and O–H groups in total. The molecule has 0 aromatic heterocycles. The highest BCUT2D eigenvalue weighted by Gasteiger charge is 2.04. The van der Waals surface area contributed by atoms with E-state index in [0.29, 0.717) is 16.5 Å². The molecule has 5 heteroatoms. The number of benzene rings is 2. The SMILES string of the molecule is COc1cc(Nc2ccc(Br)cc2N)ccc1Cl. The molecule has 0 amide bonds. The number of nitrogens with one attached hydrogen (secondary N) is 1. The van der Waals surface area contributed by atoms with E-state index in [4.69, 9.17) is 22.1 Å². The Morgan fingerprint density at radius 3 is 2.67 bits per heavy atom. The average molecular weight is 328 g/mol. The zero-order chi connectivity index (χ0) is 13.1. The molecule has 0 unspecified atom stereocenters. The van der Waals surface area contributed by atoms with Crippen LogP contribution in [0.25, 0.3) is 0 Å². The maximum Gasteiger partial charge on any atom is 0.139 e. The van der Waals surface area contributed by atoms with Crippen molar-refractivity contribution in [3.05, 3.63) is 45.9 Å². The lowest BCUT2D eigenvalue weighted by molar-refractivity contribution is 0.415. The molecule has 0 aliphatic heterocycles. The van der Waals surface area contributed by atoms with Crippen molar-refractivity contribution in [1.29, 1.82) is 0 Å². The van der Waals surface area contributed by atoms with Crippen LogP contribution in [0.2, 0.25) is 5.02 Å². The van der Waals surface area contributed by atoms with Crippen LogP contribution in [0.3, 0.4) is 0 Å². The zero-order valence-electron chi connectivity index (χ0n) is 9.71. The van der Waals surface area contributed by atoms with E-state index >= 15 is 0 Å². The maximum atomic E-state index is 5.97. The summed E-state index contributed by atoms with van der Waals surface area (Å²) in [4.78, 5) is 0. The van der Waals surface area contributed by atoms with Crippen molar-refractivity contribution in [3.63, 3.8) is 0 Å². The lowest BCUT2D eigenvalue weighted by atomic mass is 10.2. The van der Waals surface area contributed by atoms with Gasteiger partial charge in [0.15, 0.2) is 0 Å². The van der Waals surface area contributed by atoms with Crippen LogP contribution in [0.1, 0.15) is 0 Å². The smallest absolute Gasteiger partial charge is 0.139 e. The fourth-order valence-electron chi connectivity index (χ4n) is 1.54. The van der Waals surface area contributed by atoms with Crippen LogP contribution in [0, 0.1) is 0 Å². The molecule has 0 radical (unpaired) electrons. The van der Waals surface area contributed by atoms with Gasteiger partial charge in [-0.05, 0) is 30.3 Å². The Kier molecular flexibility index (Phi) is 3.99. The van der Waals surface area contributed by atoms with Gasteiger partial charge in [0, 0.05) is 16.2 Å². The van der Waals surface area contributed by atoms with E-state index in [1.165, 1.54) is 0 Å². The summed E-state index contributed by atoms with van der Waals surface area (Å²) in [6.07, 6.45) is 0. The zero-order valence-corrected chi connectivity index (χ0v) is 12.0. The highest BCUT2D eigenvalue weighted by atomic mass is 79.9. The van der Waals surface area contributed by atoms with Crippen LogP contribution in [0.5, 0.6) is 5.75 Å². The minimum absolute atomic E-state index is 0.576. The molecule has 2 rings (SSSR count). The Morgan fingerprint density at radius 1 is 1.22 bits per heavy atom. The predicted octanol–water partition coefficient (Wildman–Crippen LogP) is 4.44. The largest absolute Gasteiger partial charge is 0.495 e. The number of nitrogens with two attached hydrogens (primary N) is 1. The minimum Gasteiger partial charge on any atom is -0.495 e. The van der Waals surface area contributed by atoms with Gasteiger partial charge in [-0.25, -0.2) is 0 Å². The molecule has 18 heavy (non-hydrogen) atoms. The van der Waals surface area contributed by atoms with Crippen molar-refractivity contribution in [1.82, 2.24) is 0 Å². The molecule has 0 saturated heterocycles. The van der Waals surface area contributed by atoms with Gasteiger partial charge in [-0.3, -0.25) is 0 Å². The molecule has 2 aromatic rings. The van der Waals surface area contributed by atoms with E-state index in [-0.39, 0.29) is 0 Å². The Hall–Kier alpha value is -1.39. The van der Waals surface area contributed by atoms with Crippen molar-refractivity contribution in [2.75, 3.05) is 18.2 Å². The summed E-state index contributed by atoms with van der Waals surface area (Å²) in [5, 5.41) is 3.79. The predicted molar refractivity (Wildman–Crippen MR) is 79.8 cm³/mol. The van der Waals surface area contributed by atoms with Gasteiger partial charge in [-0.15, -0.1) is 0 Å². The van der Waals surface area contributed by atoms with Crippen molar-refractivity contribution in [2.24, 2.45) is 0 Å². The minimum atomic E-state index is 0.576. The van der Waals surface area contributed by atoms with Crippen LogP contribution in [-0.2, 0) is 0 Å². The van der Waals surface area contributed by atoms with Crippen molar-refractivity contribution < 1.29 is 4.74 Å². The van der Waals surface area contributed by atoms with Gasteiger partial charge in [0.1, 0.15) is 5.75 Å². The first-order valence-corrected chi connectivity index (χ1v) is 6.43. The molecule has 3 nitrogen and oxygen atoms in total. The lowest BCUT2D eigenvalue weighted by Gasteiger charge is -2.11. The average Bonchev–Trinajstić information content (AvgIpc) is 2.35. The summed E-state index contributed by atoms with van der Waals surface area (Å²) < 4.78 is 6.11. The van der Waals surface area contributed by atoms with E-state index in [2.05, 4.69) is 21.2 Å². The molecule has 0 saturated carbocycles. The summed E-state index contributed by atoms with van der Waals surface area (Å²) in [5.74, 6) is 0.623. The van der Waals surface area contributed by atoms with Gasteiger partial charge in [-0.1, -0.05) is 27.5 Å². The first kappa shape index (κ1) is 13.1. The van der Waals surface area contributed by atoms with Gasteiger partial charge >= 0.3 is 0 Å². The van der Waals surface area contributed by atoms with E-state index in [1.807, 2.05) is 30.3 Å². The van der Waals surface area contributed by atoms with Gasteiger partial charge in [-0.2, -0.15) is 0 Å². The van der Waals surface area contributed by atoms with Crippen LogP contribution < -0.4 is 15.8 Å². The van der Waals surface area contributed by atoms with E-state index in [9.17, 15) is 0 Å². The summed E-state index contributed by atoms with van der Waals surface area (Å²) >= 11 is 9.34. The van der Waals surface area contributed by atoms with Gasteiger partial charge in [0.05, 0.1) is 23.5 Å². The fourth-order valence-corrected chi connectivity index (χ4v) is 2.11. The number of methoxy groups -OCH3 is 1. The van der Waals surface area contributed by atoms with Crippen molar-refractivity contribution in [2.45, 2.75) is 0 Å². The van der Waals surface area contributed by atoms with E-state index in [0.717, 1.165) is 15.8 Å². The van der Waals surface area contributed by atoms with Crippen LogP contribution in [0.15, 0.2) is 40.9 Å². The molecule has 94 valence electrons. The molecule has 0 aliphatic carbocycles. The molecule has 0 atom stereocenters. The second-order valence-electron chi connectivity index (χ2n) is 3.71. The first-order chi connectivity index (χ1) is 8.60. The third kappa shape index (κ3) is 2.89. The number of ether oxygens (including phenoxy) is 1. The fraction of sp³-hybridized carbons (Fsp3) is 0.0769. The lowest BCUT2D eigenvalue weighted by Crippen LogP contribution is -1.96. The summed E-state index contributed by atoms with van der Waals surface area (Å²) in [6.45, 7) is 0. The summed E-state index contributed by atoms with van der Waals surface area (Å²) in [5.41, 5.74) is 8.29. The van der Waals surface area contributed by atoms with Crippen molar-refractivity contribution >= 4 is 44.6 Å². The Bertz CT molecular complexity index is 575. The maximum absolute atomic E-state index is 5.97. The number of hydrogen-bond donors (Lipinski definition) is 2. The number of rotatable bonds is 3. The first-order valence-electron chi connectivity index (χ1n) is 5.26. The van der Waals surface area contributed by atoms with Gasteiger partial charge in [0.2, 0.25) is 0 Å². The van der Waals surface area contributed by atoms with E-state index in [1.54, 1.807) is 13.2 Å².